The summed E-state index contributed by atoms with van der Waals surface area (Å²) in [5.74, 6) is 0.395. The number of Topliss-reactive ketones (excluding diaryl/α,β-unsaturated/α-hetero) is 1. The first-order valence-corrected chi connectivity index (χ1v) is 7.29. The zero-order valence-electron chi connectivity index (χ0n) is 12.4. The second-order valence-corrected chi connectivity index (χ2v) is 4.92. The molecular formula is C15H26N2O2. The van der Waals surface area contributed by atoms with Gasteiger partial charge in [-0.25, -0.2) is 0 Å². The highest BCUT2D eigenvalue weighted by Crippen LogP contribution is 2.19. The molecule has 4 nitrogen and oxygen atoms in total. The summed E-state index contributed by atoms with van der Waals surface area (Å²) in [6, 6.07) is 1.84. The van der Waals surface area contributed by atoms with Crippen LogP contribution in [0.5, 0.6) is 0 Å². The molecule has 1 rings (SSSR count). The van der Waals surface area contributed by atoms with E-state index in [-0.39, 0.29) is 11.7 Å². The number of carbonyl (C=O) groups excluding carboxylic acids is 1. The van der Waals surface area contributed by atoms with E-state index in [1.54, 1.807) is 13.3 Å². The molecule has 0 saturated carbocycles. The van der Waals surface area contributed by atoms with Gasteiger partial charge in [0.05, 0.1) is 0 Å². The van der Waals surface area contributed by atoms with Crippen molar-refractivity contribution in [2.75, 3.05) is 13.7 Å². The van der Waals surface area contributed by atoms with Crippen LogP contribution in [0.4, 0.5) is 0 Å². The smallest absolute Gasteiger partial charge is 0.183 e. The maximum Gasteiger partial charge on any atom is 0.183 e. The molecule has 108 valence electrons. The Balaban J connectivity index is 2.71. The largest absolute Gasteiger partial charge is 0.385 e. The zero-order valence-corrected chi connectivity index (χ0v) is 12.4. The molecule has 0 N–H and O–H groups in total. The van der Waals surface area contributed by atoms with Crippen molar-refractivity contribution in [3.63, 3.8) is 0 Å². The van der Waals surface area contributed by atoms with Gasteiger partial charge in [-0.3, -0.25) is 9.48 Å². The SMILES string of the molecule is CCCC(CCC)C(=O)c1ccnn1CCCOC. The van der Waals surface area contributed by atoms with Crippen LogP contribution in [0.2, 0.25) is 0 Å². The second-order valence-electron chi connectivity index (χ2n) is 4.92. The Morgan fingerprint density at radius 1 is 1.37 bits per heavy atom. The Morgan fingerprint density at radius 3 is 2.63 bits per heavy atom. The van der Waals surface area contributed by atoms with Crippen LogP contribution in [-0.2, 0) is 11.3 Å². The van der Waals surface area contributed by atoms with E-state index in [4.69, 9.17) is 4.74 Å². The molecule has 19 heavy (non-hydrogen) atoms. The molecule has 1 aromatic heterocycles. The van der Waals surface area contributed by atoms with Crippen molar-refractivity contribution in [3.05, 3.63) is 18.0 Å². The third-order valence-corrected chi connectivity index (χ3v) is 3.33. The van der Waals surface area contributed by atoms with E-state index in [9.17, 15) is 4.79 Å². The maximum atomic E-state index is 12.5. The summed E-state index contributed by atoms with van der Waals surface area (Å²) in [5.41, 5.74) is 0.753. The van der Waals surface area contributed by atoms with Crippen LogP contribution in [-0.4, -0.2) is 29.3 Å². The summed E-state index contributed by atoms with van der Waals surface area (Å²) >= 11 is 0. The molecule has 1 aromatic rings. The molecule has 1 heterocycles. The van der Waals surface area contributed by atoms with Gasteiger partial charge in [0, 0.05) is 32.4 Å². The van der Waals surface area contributed by atoms with E-state index >= 15 is 0 Å². The van der Waals surface area contributed by atoms with E-state index in [1.165, 1.54) is 0 Å². The number of ether oxygens (including phenoxy) is 1. The van der Waals surface area contributed by atoms with Crippen molar-refractivity contribution in [3.8, 4) is 0 Å². The van der Waals surface area contributed by atoms with Crippen LogP contribution >= 0.6 is 0 Å². The van der Waals surface area contributed by atoms with Gasteiger partial charge in [0.2, 0.25) is 0 Å². The molecule has 0 atom stereocenters. The molecule has 0 spiro atoms. The fourth-order valence-corrected chi connectivity index (χ4v) is 2.39. The highest BCUT2D eigenvalue weighted by Gasteiger charge is 2.21. The first-order chi connectivity index (χ1) is 9.24. The highest BCUT2D eigenvalue weighted by molar-refractivity contribution is 5.96. The number of carbonyl (C=O) groups is 1. The van der Waals surface area contributed by atoms with Gasteiger partial charge in [-0.2, -0.15) is 5.10 Å². The molecule has 4 heteroatoms. The molecule has 0 unspecified atom stereocenters. The Hall–Kier alpha value is -1.16. The quantitative estimate of drug-likeness (QED) is 0.482. The fourth-order valence-electron chi connectivity index (χ4n) is 2.39. The minimum atomic E-state index is 0.146. The Kier molecular flexibility index (Phi) is 7.41. The van der Waals surface area contributed by atoms with Gasteiger partial charge >= 0.3 is 0 Å². The third-order valence-electron chi connectivity index (χ3n) is 3.33. The van der Waals surface area contributed by atoms with Crippen molar-refractivity contribution in [2.45, 2.75) is 52.5 Å². The van der Waals surface area contributed by atoms with E-state index in [0.717, 1.165) is 44.3 Å². The minimum absolute atomic E-state index is 0.146. The number of ketones is 1. The van der Waals surface area contributed by atoms with Gasteiger partial charge in [-0.1, -0.05) is 26.7 Å². The molecule has 0 aliphatic heterocycles. The average molecular weight is 266 g/mol. The monoisotopic (exact) mass is 266 g/mol. The number of aryl methyl sites for hydroxylation is 1. The van der Waals surface area contributed by atoms with Crippen molar-refractivity contribution in [1.82, 2.24) is 9.78 Å². The number of nitrogens with zero attached hydrogens (tertiary/aromatic N) is 2. The Morgan fingerprint density at radius 2 is 2.05 bits per heavy atom. The lowest BCUT2D eigenvalue weighted by atomic mass is 9.92. The molecular weight excluding hydrogens is 240 g/mol. The number of hydrogen-bond acceptors (Lipinski definition) is 3. The van der Waals surface area contributed by atoms with E-state index in [2.05, 4.69) is 18.9 Å². The molecule has 0 aliphatic carbocycles. The summed E-state index contributed by atoms with van der Waals surface area (Å²) < 4.78 is 6.86. The fraction of sp³-hybridized carbons (Fsp3) is 0.733. The van der Waals surface area contributed by atoms with Crippen molar-refractivity contribution in [2.24, 2.45) is 5.92 Å². The molecule has 0 fully saturated rings. The van der Waals surface area contributed by atoms with Crippen LogP contribution in [0.3, 0.4) is 0 Å². The van der Waals surface area contributed by atoms with Gasteiger partial charge < -0.3 is 4.74 Å². The highest BCUT2D eigenvalue weighted by atomic mass is 16.5. The first kappa shape index (κ1) is 15.9. The van der Waals surface area contributed by atoms with E-state index in [0.29, 0.717) is 6.61 Å². The molecule has 0 bridgehead atoms. The third kappa shape index (κ3) is 4.78. The van der Waals surface area contributed by atoms with Crippen molar-refractivity contribution >= 4 is 5.78 Å². The zero-order chi connectivity index (χ0) is 14.1. The van der Waals surface area contributed by atoms with E-state index in [1.807, 2.05) is 10.7 Å². The van der Waals surface area contributed by atoms with Gasteiger partial charge in [0.1, 0.15) is 5.69 Å². The number of aromatic nitrogens is 2. The maximum absolute atomic E-state index is 12.5. The van der Waals surface area contributed by atoms with Crippen LogP contribution in [0.25, 0.3) is 0 Å². The van der Waals surface area contributed by atoms with Crippen molar-refractivity contribution in [1.29, 1.82) is 0 Å². The number of hydrogen-bond donors (Lipinski definition) is 0. The predicted octanol–water partition coefficient (Wildman–Crippen LogP) is 3.32. The molecule has 0 saturated heterocycles. The van der Waals surface area contributed by atoms with Gasteiger partial charge in [-0.15, -0.1) is 0 Å². The Bertz CT molecular complexity index is 368. The van der Waals surface area contributed by atoms with Crippen molar-refractivity contribution < 1.29 is 9.53 Å². The Labute approximate surface area is 116 Å². The molecule has 0 aliphatic rings. The molecule has 0 amide bonds. The molecule has 0 aromatic carbocycles. The van der Waals surface area contributed by atoms with Crippen LogP contribution in [0, 0.1) is 5.92 Å². The van der Waals surface area contributed by atoms with E-state index < -0.39 is 0 Å². The molecule has 0 radical (unpaired) electrons. The predicted molar refractivity (Wildman–Crippen MR) is 76.4 cm³/mol. The van der Waals surface area contributed by atoms with Crippen LogP contribution in [0.15, 0.2) is 12.3 Å². The minimum Gasteiger partial charge on any atom is -0.385 e. The summed E-state index contributed by atoms with van der Waals surface area (Å²) in [4.78, 5) is 12.5. The summed E-state index contributed by atoms with van der Waals surface area (Å²) in [6.07, 6.45) is 6.63. The van der Waals surface area contributed by atoms with Crippen LogP contribution < -0.4 is 0 Å². The lowest BCUT2D eigenvalue weighted by molar-refractivity contribution is 0.0892. The topological polar surface area (TPSA) is 44.1 Å². The van der Waals surface area contributed by atoms with Gasteiger partial charge in [0.15, 0.2) is 5.78 Å². The van der Waals surface area contributed by atoms with Gasteiger partial charge in [0.25, 0.3) is 0 Å². The lowest BCUT2D eigenvalue weighted by Crippen LogP contribution is -2.19. The number of rotatable bonds is 10. The summed E-state index contributed by atoms with van der Waals surface area (Å²) in [6.45, 7) is 5.70. The average Bonchev–Trinajstić information content (AvgIpc) is 2.86. The van der Waals surface area contributed by atoms with Crippen LogP contribution in [0.1, 0.15) is 56.4 Å². The second kappa shape index (κ2) is 8.86. The summed E-state index contributed by atoms with van der Waals surface area (Å²) in [5, 5.41) is 4.25. The summed E-state index contributed by atoms with van der Waals surface area (Å²) in [7, 11) is 1.69. The first-order valence-electron chi connectivity index (χ1n) is 7.29. The lowest BCUT2D eigenvalue weighted by Gasteiger charge is -2.15. The number of methoxy groups -OCH3 is 1. The standard InChI is InChI=1S/C15H26N2O2/c1-4-7-13(8-5-2)15(18)14-9-10-16-17(14)11-6-12-19-3/h9-10,13H,4-8,11-12H2,1-3H3. The van der Waals surface area contributed by atoms with Gasteiger partial charge in [-0.05, 0) is 25.3 Å². The normalized spacial score (nSPS) is 11.2.